The van der Waals surface area contributed by atoms with Crippen LogP contribution in [0.3, 0.4) is 0 Å². The van der Waals surface area contributed by atoms with Crippen LogP contribution in [-0.2, 0) is 9.59 Å². The van der Waals surface area contributed by atoms with Crippen LogP contribution in [0.2, 0.25) is 0 Å². The molecule has 0 saturated heterocycles. The summed E-state index contributed by atoms with van der Waals surface area (Å²) in [6.07, 6.45) is 13.4. The van der Waals surface area contributed by atoms with Crippen molar-refractivity contribution in [1.82, 2.24) is 21.3 Å². The molecule has 0 unspecified atom stereocenters. The summed E-state index contributed by atoms with van der Waals surface area (Å²) in [6, 6.07) is 0. The van der Waals surface area contributed by atoms with Crippen molar-refractivity contribution < 1.29 is 9.59 Å². The predicted molar refractivity (Wildman–Crippen MR) is 137 cm³/mol. The Balaban J connectivity index is 0. The highest BCUT2D eigenvalue weighted by Gasteiger charge is 1.99. The van der Waals surface area contributed by atoms with Gasteiger partial charge in [-0.05, 0) is 71.2 Å². The second kappa shape index (κ2) is 29.8. The van der Waals surface area contributed by atoms with Gasteiger partial charge in [0.05, 0.1) is 6.54 Å². The van der Waals surface area contributed by atoms with E-state index in [2.05, 4.69) is 35.1 Å². The molecule has 2 amide bonds. The van der Waals surface area contributed by atoms with Gasteiger partial charge in [-0.1, -0.05) is 46.0 Å². The molecule has 0 aliphatic heterocycles. The molecule has 192 valence electrons. The summed E-state index contributed by atoms with van der Waals surface area (Å²) < 4.78 is 0. The molecule has 0 fully saturated rings. The number of nitrogens with one attached hydrogen (secondary N) is 4. The van der Waals surface area contributed by atoms with Gasteiger partial charge in [0.2, 0.25) is 11.8 Å². The zero-order valence-corrected chi connectivity index (χ0v) is 21.1. The number of carbonyl (C=O) groups is 2. The molecule has 32 heavy (non-hydrogen) atoms. The van der Waals surface area contributed by atoms with Crippen molar-refractivity contribution in [3.63, 3.8) is 0 Å². The average Bonchev–Trinajstić information content (AvgIpc) is 2.80. The van der Waals surface area contributed by atoms with Crippen LogP contribution < -0.4 is 32.7 Å². The van der Waals surface area contributed by atoms with E-state index < -0.39 is 0 Å². The molecule has 0 aromatic rings. The van der Waals surface area contributed by atoms with Crippen molar-refractivity contribution in [3.8, 4) is 0 Å². The minimum absolute atomic E-state index is 0.0740. The molecule has 8 N–H and O–H groups in total. The molecule has 0 aromatic heterocycles. The highest BCUT2D eigenvalue weighted by molar-refractivity contribution is 5.77. The monoisotopic (exact) mass is 458 g/mol. The quantitative estimate of drug-likeness (QED) is 0.137. The molecule has 0 heterocycles. The van der Waals surface area contributed by atoms with Crippen molar-refractivity contribution >= 4 is 11.8 Å². The fourth-order valence-electron chi connectivity index (χ4n) is 2.87. The molecule has 8 nitrogen and oxygen atoms in total. The Morgan fingerprint density at radius 1 is 0.562 bits per heavy atom. The number of carbonyl (C=O) groups excluding carboxylic acids is 2. The van der Waals surface area contributed by atoms with Gasteiger partial charge < -0.3 is 32.7 Å². The first-order chi connectivity index (χ1) is 15.6. The molecule has 0 aliphatic carbocycles. The lowest BCUT2D eigenvalue weighted by Gasteiger charge is -2.06. The van der Waals surface area contributed by atoms with Gasteiger partial charge >= 0.3 is 0 Å². The smallest absolute Gasteiger partial charge is 0.233 e. The van der Waals surface area contributed by atoms with Crippen molar-refractivity contribution in [1.29, 1.82) is 0 Å². The SMILES string of the molecule is CCCCCCCC(=O)NCCCC.NCCCNCCCCNCCCNC(=O)CN. The summed E-state index contributed by atoms with van der Waals surface area (Å²) in [5, 5.41) is 12.4. The molecule has 0 atom stereocenters. The van der Waals surface area contributed by atoms with E-state index in [0.29, 0.717) is 13.0 Å². The molecule has 0 bridgehead atoms. The van der Waals surface area contributed by atoms with Crippen LogP contribution in [0.15, 0.2) is 0 Å². The lowest BCUT2D eigenvalue weighted by molar-refractivity contribution is -0.121. The third-order valence-electron chi connectivity index (χ3n) is 4.91. The number of unbranched alkanes of at least 4 members (excludes halogenated alkanes) is 6. The fourth-order valence-corrected chi connectivity index (χ4v) is 2.87. The van der Waals surface area contributed by atoms with Gasteiger partial charge in [-0.15, -0.1) is 0 Å². The van der Waals surface area contributed by atoms with Gasteiger partial charge in [-0.3, -0.25) is 9.59 Å². The van der Waals surface area contributed by atoms with Gasteiger partial charge in [0.15, 0.2) is 0 Å². The molecule has 0 aromatic carbocycles. The third kappa shape index (κ3) is 31.0. The number of hydrogen-bond acceptors (Lipinski definition) is 6. The van der Waals surface area contributed by atoms with Crippen LogP contribution in [0.1, 0.15) is 90.9 Å². The summed E-state index contributed by atoms with van der Waals surface area (Å²) in [4.78, 5) is 22.1. The largest absolute Gasteiger partial charge is 0.356 e. The minimum atomic E-state index is -0.0847. The van der Waals surface area contributed by atoms with Crippen LogP contribution in [0.4, 0.5) is 0 Å². The second-order valence-corrected chi connectivity index (χ2v) is 8.12. The van der Waals surface area contributed by atoms with Gasteiger partial charge in [0.25, 0.3) is 0 Å². The lowest BCUT2D eigenvalue weighted by Crippen LogP contribution is -2.32. The van der Waals surface area contributed by atoms with Crippen molar-refractivity contribution in [2.24, 2.45) is 11.5 Å². The second-order valence-electron chi connectivity index (χ2n) is 8.12. The first-order valence-corrected chi connectivity index (χ1v) is 13.0. The van der Waals surface area contributed by atoms with Crippen LogP contribution in [-0.4, -0.2) is 64.2 Å². The number of nitrogens with two attached hydrogens (primary N) is 2. The highest BCUT2D eigenvalue weighted by Crippen LogP contribution is 2.04. The number of hydrogen-bond donors (Lipinski definition) is 6. The maximum absolute atomic E-state index is 11.2. The molecular formula is C24H54N6O2. The van der Waals surface area contributed by atoms with Gasteiger partial charge in [0.1, 0.15) is 0 Å². The Kier molecular flexibility index (Phi) is 30.7. The lowest BCUT2D eigenvalue weighted by atomic mass is 10.1. The van der Waals surface area contributed by atoms with Crippen molar-refractivity contribution in [3.05, 3.63) is 0 Å². The van der Waals surface area contributed by atoms with E-state index in [4.69, 9.17) is 11.5 Å². The fraction of sp³-hybridized carbons (Fsp3) is 0.917. The zero-order chi connectivity index (χ0) is 24.1. The molecule has 0 spiro atoms. The topological polar surface area (TPSA) is 134 Å². The normalized spacial score (nSPS) is 10.4. The standard InChI is InChI=1S/C12H29N5O.C12H25NO/c13-5-3-8-15-6-1-2-7-16-9-4-10-17-12(18)11-14;1-3-5-7-8-9-10-12(14)13-11-6-4-2/h15-16H,1-11,13-14H2,(H,17,18);3-11H2,1-2H3,(H,13,14). The molecule has 8 heteroatoms. The molecule has 0 rings (SSSR count). The van der Waals surface area contributed by atoms with E-state index in [-0.39, 0.29) is 18.4 Å². The summed E-state index contributed by atoms with van der Waals surface area (Å²) >= 11 is 0. The Bertz CT molecular complexity index is 397. The van der Waals surface area contributed by atoms with Crippen LogP contribution >= 0.6 is 0 Å². The summed E-state index contributed by atoms with van der Waals surface area (Å²) in [7, 11) is 0. The number of rotatable bonds is 22. The van der Waals surface area contributed by atoms with Gasteiger partial charge in [0, 0.05) is 19.5 Å². The van der Waals surface area contributed by atoms with Crippen LogP contribution in [0.25, 0.3) is 0 Å². The van der Waals surface area contributed by atoms with Crippen LogP contribution in [0, 0.1) is 0 Å². The third-order valence-corrected chi connectivity index (χ3v) is 4.91. The summed E-state index contributed by atoms with van der Waals surface area (Å²) in [6.45, 7) is 10.8. The Hall–Kier alpha value is -1.22. The van der Waals surface area contributed by atoms with E-state index in [0.717, 1.165) is 71.4 Å². The zero-order valence-electron chi connectivity index (χ0n) is 21.1. The maximum Gasteiger partial charge on any atom is 0.233 e. The van der Waals surface area contributed by atoms with E-state index in [1.807, 2.05) is 0 Å². The Morgan fingerprint density at radius 3 is 1.69 bits per heavy atom. The van der Waals surface area contributed by atoms with E-state index >= 15 is 0 Å². The summed E-state index contributed by atoms with van der Waals surface area (Å²) in [5.41, 5.74) is 10.6. The first kappa shape index (κ1) is 33.0. The van der Waals surface area contributed by atoms with Crippen molar-refractivity contribution in [2.45, 2.75) is 90.9 Å². The van der Waals surface area contributed by atoms with E-state index in [1.54, 1.807) is 0 Å². The van der Waals surface area contributed by atoms with Crippen molar-refractivity contribution in [2.75, 3.05) is 52.4 Å². The van der Waals surface area contributed by atoms with E-state index in [1.165, 1.54) is 38.5 Å². The van der Waals surface area contributed by atoms with Crippen LogP contribution in [0.5, 0.6) is 0 Å². The average molecular weight is 459 g/mol. The molecule has 0 radical (unpaired) electrons. The number of amides is 2. The molecule has 0 saturated carbocycles. The first-order valence-electron chi connectivity index (χ1n) is 13.0. The van der Waals surface area contributed by atoms with Gasteiger partial charge in [-0.25, -0.2) is 0 Å². The Labute approximate surface area is 197 Å². The predicted octanol–water partition coefficient (Wildman–Crippen LogP) is 2.02. The highest BCUT2D eigenvalue weighted by atomic mass is 16.2. The van der Waals surface area contributed by atoms with E-state index in [9.17, 15) is 9.59 Å². The molecule has 0 aliphatic rings. The van der Waals surface area contributed by atoms with Gasteiger partial charge in [-0.2, -0.15) is 0 Å². The summed E-state index contributed by atoms with van der Waals surface area (Å²) in [5.74, 6) is 0.147. The maximum atomic E-state index is 11.2. The Morgan fingerprint density at radius 2 is 1.09 bits per heavy atom. The molecular weight excluding hydrogens is 404 g/mol. The minimum Gasteiger partial charge on any atom is -0.356 e.